The molecule has 20 heavy (non-hydrogen) atoms. The average Bonchev–Trinajstić information content (AvgIpc) is 2.45. The van der Waals surface area contributed by atoms with E-state index in [1.165, 1.54) is 12.7 Å². The summed E-state index contributed by atoms with van der Waals surface area (Å²) in [5.74, 6) is 0. The monoisotopic (exact) mass is 280 g/mol. The molecule has 5 heteroatoms. The van der Waals surface area contributed by atoms with Crippen molar-refractivity contribution >= 4 is 6.03 Å². The maximum atomic E-state index is 11.7. The zero-order chi connectivity index (χ0) is 15.0. The third-order valence-corrected chi connectivity index (χ3v) is 3.09. The van der Waals surface area contributed by atoms with Crippen molar-refractivity contribution in [1.82, 2.24) is 10.6 Å². The number of hydrogen-bond donors (Lipinski definition) is 3. The van der Waals surface area contributed by atoms with Crippen molar-refractivity contribution in [3.8, 4) is 0 Å². The van der Waals surface area contributed by atoms with Crippen LogP contribution in [0.25, 0.3) is 0 Å². The summed E-state index contributed by atoms with van der Waals surface area (Å²) in [7, 11) is 1.51. The Labute approximate surface area is 120 Å². The number of aliphatic hydroxyl groups excluding tert-OH is 1. The van der Waals surface area contributed by atoms with Crippen molar-refractivity contribution in [1.29, 1.82) is 0 Å². The Balaban J connectivity index is 2.40. The van der Waals surface area contributed by atoms with Crippen molar-refractivity contribution in [2.75, 3.05) is 20.3 Å². The van der Waals surface area contributed by atoms with E-state index < -0.39 is 6.10 Å². The first-order valence-electron chi connectivity index (χ1n) is 6.87. The highest BCUT2D eigenvalue weighted by atomic mass is 16.5. The molecule has 1 aromatic rings. The number of amides is 2. The van der Waals surface area contributed by atoms with Gasteiger partial charge >= 0.3 is 6.03 Å². The standard InChI is InChI=1S/C15H24N2O3/c1-4-12-5-7-13(8-6-12)11(2)17-15(19)16-9-14(18)10-20-3/h5-8,11,14,18H,4,9-10H2,1-3H3,(H2,16,17,19). The fourth-order valence-electron chi connectivity index (χ4n) is 1.83. The Morgan fingerprint density at radius 2 is 2.00 bits per heavy atom. The lowest BCUT2D eigenvalue weighted by Gasteiger charge is -2.16. The van der Waals surface area contributed by atoms with Crippen LogP contribution in [0.15, 0.2) is 24.3 Å². The lowest BCUT2D eigenvalue weighted by molar-refractivity contribution is 0.0659. The molecule has 1 aromatic carbocycles. The summed E-state index contributed by atoms with van der Waals surface area (Å²) in [4.78, 5) is 11.7. The summed E-state index contributed by atoms with van der Waals surface area (Å²) < 4.78 is 4.79. The number of rotatable bonds is 7. The normalized spacial score (nSPS) is 13.6. The summed E-state index contributed by atoms with van der Waals surface area (Å²) in [6, 6.07) is 7.78. The second-order valence-corrected chi connectivity index (χ2v) is 4.78. The summed E-state index contributed by atoms with van der Waals surface area (Å²) in [5, 5.41) is 14.9. The number of aliphatic hydroxyl groups is 1. The molecule has 0 bridgehead atoms. The summed E-state index contributed by atoms with van der Waals surface area (Å²) >= 11 is 0. The summed E-state index contributed by atoms with van der Waals surface area (Å²) in [6.45, 7) is 4.40. The van der Waals surface area contributed by atoms with Crippen LogP contribution < -0.4 is 10.6 Å². The highest BCUT2D eigenvalue weighted by molar-refractivity contribution is 5.74. The predicted octanol–water partition coefficient (Wildman–Crippen LogP) is 1.62. The van der Waals surface area contributed by atoms with Crippen LogP contribution in [0.3, 0.4) is 0 Å². The van der Waals surface area contributed by atoms with Crippen molar-refractivity contribution < 1.29 is 14.6 Å². The van der Waals surface area contributed by atoms with Crippen LogP contribution in [0.2, 0.25) is 0 Å². The number of nitrogens with one attached hydrogen (secondary N) is 2. The van der Waals surface area contributed by atoms with Crippen LogP contribution in [-0.2, 0) is 11.2 Å². The minimum atomic E-state index is -0.690. The molecule has 112 valence electrons. The summed E-state index contributed by atoms with van der Waals surface area (Å²) in [6.07, 6.45) is 0.310. The molecule has 0 saturated carbocycles. The number of ether oxygens (including phenoxy) is 1. The number of methoxy groups -OCH3 is 1. The first-order valence-corrected chi connectivity index (χ1v) is 6.87. The first-order chi connectivity index (χ1) is 9.56. The molecule has 0 spiro atoms. The van der Waals surface area contributed by atoms with Gasteiger partial charge < -0.3 is 20.5 Å². The molecule has 2 unspecified atom stereocenters. The molecular formula is C15H24N2O3. The minimum absolute atomic E-state index is 0.0829. The van der Waals surface area contributed by atoms with Crippen molar-refractivity contribution in [2.45, 2.75) is 32.4 Å². The van der Waals surface area contributed by atoms with Crippen LogP contribution >= 0.6 is 0 Å². The molecule has 5 nitrogen and oxygen atoms in total. The fraction of sp³-hybridized carbons (Fsp3) is 0.533. The van der Waals surface area contributed by atoms with Crippen LogP contribution in [0.4, 0.5) is 4.79 Å². The van der Waals surface area contributed by atoms with Crippen LogP contribution in [-0.4, -0.2) is 37.5 Å². The molecule has 0 aliphatic carbocycles. The number of hydrogen-bond acceptors (Lipinski definition) is 3. The molecule has 0 saturated heterocycles. The van der Waals surface area contributed by atoms with Crippen molar-refractivity contribution in [2.24, 2.45) is 0 Å². The molecule has 3 N–H and O–H groups in total. The van der Waals surface area contributed by atoms with Gasteiger partial charge in [-0.25, -0.2) is 4.79 Å². The Bertz CT molecular complexity index is 406. The third kappa shape index (κ3) is 5.59. The minimum Gasteiger partial charge on any atom is -0.389 e. The topological polar surface area (TPSA) is 70.6 Å². The highest BCUT2D eigenvalue weighted by Gasteiger charge is 2.10. The van der Waals surface area contributed by atoms with E-state index in [2.05, 4.69) is 29.7 Å². The van der Waals surface area contributed by atoms with E-state index in [-0.39, 0.29) is 25.2 Å². The van der Waals surface area contributed by atoms with Gasteiger partial charge in [-0.05, 0) is 24.5 Å². The van der Waals surface area contributed by atoms with Gasteiger partial charge in [0.2, 0.25) is 0 Å². The fourth-order valence-corrected chi connectivity index (χ4v) is 1.83. The second-order valence-electron chi connectivity index (χ2n) is 4.78. The largest absolute Gasteiger partial charge is 0.389 e. The zero-order valence-electron chi connectivity index (χ0n) is 12.3. The van der Waals surface area contributed by atoms with Gasteiger partial charge in [0.05, 0.1) is 18.8 Å². The van der Waals surface area contributed by atoms with E-state index in [4.69, 9.17) is 4.74 Å². The predicted molar refractivity (Wildman–Crippen MR) is 78.7 cm³/mol. The maximum Gasteiger partial charge on any atom is 0.315 e. The molecule has 0 aliphatic heterocycles. The van der Waals surface area contributed by atoms with Gasteiger partial charge in [0.1, 0.15) is 0 Å². The first kappa shape index (κ1) is 16.5. The van der Waals surface area contributed by atoms with Gasteiger partial charge in [-0.2, -0.15) is 0 Å². The maximum absolute atomic E-state index is 11.7. The molecule has 1 rings (SSSR count). The molecule has 2 amide bonds. The van der Waals surface area contributed by atoms with Crippen LogP contribution in [0, 0.1) is 0 Å². The number of aryl methyl sites for hydroxylation is 1. The van der Waals surface area contributed by atoms with Gasteiger partial charge in [0.15, 0.2) is 0 Å². The van der Waals surface area contributed by atoms with Gasteiger partial charge in [0, 0.05) is 13.7 Å². The molecular weight excluding hydrogens is 256 g/mol. The van der Waals surface area contributed by atoms with E-state index in [1.54, 1.807) is 0 Å². The number of carbonyl (C=O) groups is 1. The van der Waals surface area contributed by atoms with Gasteiger partial charge in [0.25, 0.3) is 0 Å². The van der Waals surface area contributed by atoms with Gasteiger partial charge in [-0.15, -0.1) is 0 Å². The van der Waals surface area contributed by atoms with Crippen LogP contribution in [0.5, 0.6) is 0 Å². The summed E-state index contributed by atoms with van der Waals surface area (Å²) in [5.41, 5.74) is 2.32. The molecule has 0 aliphatic rings. The average molecular weight is 280 g/mol. The SMILES string of the molecule is CCc1ccc(C(C)NC(=O)NCC(O)COC)cc1. The van der Waals surface area contributed by atoms with E-state index in [1.807, 2.05) is 19.1 Å². The van der Waals surface area contributed by atoms with Crippen molar-refractivity contribution in [3.05, 3.63) is 35.4 Å². The Morgan fingerprint density at radius 1 is 1.35 bits per heavy atom. The van der Waals surface area contributed by atoms with E-state index in [0.29, 0.717) is 0 Å². The van der Waals surface area contributed by atoms with Gasteiger partial charge in [-0.1, -0.05) is 31.2 Å². The Morgan fingerprint density at radius 3 is 2.55 bits per heavy atom. The molecule has 0 heterocycles. The Hall–Kier alpha value is -1.59. The molecule has 2 atom stereocenters. The van der Waals surface area contributed by atoms with Crippen LogP contribution in [0.1, 0.15) is 31.0 Å². The molecule has 0 fully saturated rings. The Kier molecular flexibility index (Phi) is 7.04. The lowest BCUT2D eigenvalue weighted by atomic mass is 10.1. The van der Waals surface area contributed by atoms with Crippen molar-refractivity contribution in [3.63, 3.8) is 0 Å². The molecule has 0 aromatic heterocycles. The quantitative estimate of drug-likeness (QED) is 0.710. The smallest absolute Gasteiger partial charge is 0.315 e. The van der Waals surface area contributed by atoms with E-state index in [0.717, 1.165) is 12.0 Å². The van der Waals surface area contributed by atoms with E-state index in [9.17, 15) is 9.90 Å². The third-order valence-electron chi connectivity index (χ3n) is 3.09. The second kappa shape index (κ2) is 8.55. The molecule has 0 radical (unpaired) electrons. The number of carbonyl (C=O) groups excluding carboxylic acids is 1. The van der Waals surface area contributed by atoms with Gasteiger partial charge in [-0.3, -0.25) is 0 Å². The van der Waals surface area contributed by atoms with E-state index >= 15 is 0 Å². The highest BCUT2D eigenvalue weighted by Crippen LogP contribution is 2.13. The number of urea groups is 1. The number of benzene rings is 1. The lowest BCUT2D eigenvalue weighted by Crippen LogP contribution is -2.41. The zero-order valence-corrected chi connectivity index (χ0v) is 12.3.